The maximum atomic E-state index is 15.2. The minimum absolute atomic E-state index is 0.0383. The van der Waals surface area contributed by atoms with Crippen LogP contribution in [-0.2, 0) is 4.79 Å². The number of likely N-dealkylation sites (tertiary alicyclic amines) is 1. The number of hydrogen-bond acceptors (Lipinski definition) is 8. The number of nitrogens with zero attached hydrogens (tertiary/aromatic N) is 5. The zero-order chi connectivity index (χ0) is 24.1. The molecule has 5 heterocycles. The molecule has 0 spiro atoms. The van der Waals surface area contributed by atoms with Gasteiger partial charge in [0, 0.05) is 36.8 Å². The Morgan fingerprint density at radius 1 is 1.11 bits per heavy atom. The number of carbonyl (C=O) groups is 1. The molecule has 4 bridgehead atoms. The number of fused-ring (bicyclic) bond motifs is 8. The van der Waals surface area contributed by atoms with Gasteiger partial charge in [-0.1, -0.05) is 12.2 Å². The third kappa shape index (κ3) is 2.91. The summed E-state index contributed by atoms with van der Waals surface area (Å²) in [6.07, 6.45) is 6.54. The Hall–Kier alpha value is -3.24. The Morgan fingerprint density at radius 2 is 2.00 bits per heavy atom. The average Bonchev–Trinajstić information content (AvgIpc) is 3.68. The van der Waals surface area contributed by atoms with Gasteiger partial charge in [0.1, 0.15) is 5.82 Å². The zero-order valence-electron chi connectivity index (χ0n) is 19.8. The van der Waals surface area contributed by atoms with E-state index in [9.17, 15) is 4.79 Å². The van der Waals surface area contributed by atoms with E-state index in [1.54, 1.807) is 11.3 Å². The van der Waals surface area contributed by atoms with Crippen LogP contribution in [0.15, 0.2) is 41.8 Å². The van der Waals surface area contributed by atoms with E-state index >= 15 is 4.39 Å². The van der Waals surface area contributed by atoms with Gasteiger partial charge < -0.3 is 10.2 Å². The van der Waals surface area contributed by atoms with Gasteiger partial charge in [0.05, 0.1) is 27.9 Å². The average molecular weight is 504 g/mol. The summed E-state index contributed by atoms with van der Waals surface area (Å²) in [5.41, 5.74) is 5.15. The van der Waals surface area contributed by atoms with Crippen LogP contribution < -0.4 is 20.7 Å². The number of likely N-dealkylation sites (N-methyl/N-ethyl adjacent to an activating group) is 1. The maximum Gasteiger partial charge on any atom is 0.244 e. The largest absolute Gasteiger partial charge is 0.363 e. The number of piperazine rings is 1. The minimum atomic E-state index is -0.240. The summed E-state index contributed by atoms with van der Waals surface area (Å²) in [6.45, 7) is 1.85. The molecule has 4 unspecified atom stereocenters. The van der Waals surface area contributed by atoms with E-state index in [1.165, 1.54) is 6.07 Å². The Morgan fingerprint density at radius 3 is 2.81 bits per heavy atom. The number of allylic oxidation sites excluding steroid dienone is 1. The van der Waals surface area contributed by atoms with Crippen molar-refractivity contribution in [2.45, 2.75) is 31.0 Å². The van der Waals surface area contributed by atoms with Crippen LogP contribution in [0.3, 0.4) is 0 Å². The first-order valence-electron chi connectivity index (χ1n) is 12.6. The number of aromatic nitrogens is 2. The van der Waals surface area contributed by atoms with Crippen LogP contribution in [0.2, 0.25) is 0 Å². The number of rotatable bonds is 4. The van der Waals surface area contributed by atoms with Crippen LogP contribution in [0, 0.1) is 23.6 Å². The highest BCUT2D eigenvalue weighted by molar-refractivity contribution is 7.17. The third-order valence-corrected chi connectivity index (χ3v) is 9.69. The molecule has 6 atom stereocenters. The van der Waals surface area contributed by atoms with E-state index in [4.69, 9.17) is 4.98 Å². The number of amides is 1. The predicted molar refractivity (Wildman–Crippen MR) is 138 cm³/mol. The minimum Gasteiger partial charge on any atom is -0.363 e. The first-order valence-corrected chi connectivity index (χ1v) is 13.5. The molecule has 1 amide bonds. The predicted octanol–water partition coefficient (Wildman–Crippen LogP) is 3.51. The van der Waals surface area contributed by atoms with Crippen LogP contribution in [0.5, 0.6) is 0 Å². The summed E-state index contributed by atoms with van der Waals surface area (Å²) in [5, 5.41) is 7.16. The van der Waals surface area contributed by atoms with Gasteiger partial charge >= 0.3 is 0 Å². The molecule has 2 N–H and O–H groups in total. The Kier molecular flexibility index (Phi) is 4.29. The van der Waals surface area contributed by atoms with Crippen LogP contribution in [0.4, 0.5) is 27.5 Å². The molecule has 2 aliphatic carbocycles. The number of benzene rings is 1. The van der Waals surface area contributed by atoms with Crippen molar-refractivity contribution in [1.82, 2.24) is 20.3 Å². The van der Waals surface area contributed by atoms with Crippen molar-refractivity contribution >= 4 is 50.6 Å². The Balaban J connectivity index is 1.11. The molecule has 8 nitrogen and oxygen atoms in total. The summed E-state index contributed by atoms with van der Waals surface area (Å²) < 4.78 is 16.2. The molecular formula is C26H26FN7OS. The third-order valence-electron chi connectivity index (χ3n) is 8.79. The van der Waals surface area contributed by atoms with Gasteiger partial charge in [0.2, 0.25) is 11.9 Å². The molecule has 5 aliphatic rings. The van der Waals surface area contributed by atoms with E-state index in [2.05, 4.69) is 44.7 Å². The fraction of sp³-hybridized carbons (Fsp3) is 0.423. The van der Waals surface area contributed by atoms with Crippen LogP contribution in [0.25, 0.3) is 10.2 Å². The smallest absolute Gasteiger partial charge is 0.244 e. The van der Waals surface area contributed by atoms with E-state index < -0.39 is 0 Å². The van der Waals surface area contributed by atoms with E-state index in [0.717, 1.165) is 36.1 Å². The second-order valence-electron chi connectivity index (χ2n) is 10.7. The molecular weight excluding hydrogens is 477 g/mol. The number of hydrogen-bond donors (Lipinski definition) is 2. The second kappa shape index (κ2) is 7.39. The fourth-order valence-electron chi connectivity index (χ4n) is 7.13. The number of nitrogens with one attached hydrogen (secondary N) is 2. The number of anilines is 4. The summed E-state index contributed by atoms with van der Waals surface area (Å²) in [5.74, 6) is 1.52. The van der Waals surface area contributed by atoms with Crippen molar-refractivity contribution in [1.29, 1.82) is 0 Å². The number of thiophene rings is 1. The summed E-state index contributed by atoms with van der Waals surface area (Å²) >= 11 is 1.56. The summed E-state index contributed by atoms with van der Waals surface area (Å²) in [4.78, 5) is 26.9. The van der Waals surface area contributed by atoms with E-state index in [1.807, 2.05) is 28.6 Å². The van der Waals surface area contributed by atoms with Gasteiger partial charge in [0.25, 0.3) is 0 Å². The molecule has 3 aromatic rings. The molecule has 3 saturated heterocycles. The molecule has 184 valence electrons. The summed E-state index contributed by atoms with van der Waals surface area (Å²) in [7, 11) is 2.14. The monoisotopic (exact) mass is 503 g/mol. The normalized spacial score (nSPS) is 32.2. The standard InChI is InChI=1S/C26H26FN7OS/c1-32-11-17-10-16(32)12-33(17)20-5-4-15(9-18(20)27)28-26-29-19-6-7-36-23(19)24(30-26)34-22-14-3-2-13(8-14)21(22)25(35)31-34/h2-7,9,13-14,16-17,21-22H,8,10-12H2,1H3,(H,31,35)(H,28,29,30)/t13?,14?,16?,17?,21-,22+/m0/s1. The topological polar surface area (TPSA) is 76.6 Å². The molecule has 2 aromatic heterocycles. The van der Waals surface area contributed by atoms with Gasteiger partial charge in [-0.2, -0.15) is 4.98 Å². The number of hydrazine groups is 1. The van der Waals surface area contributed by atoms with Gasteiger partial charge in [-0.3, -0.25) is 20.1 Å². The van der Waals surface area contributed by atoms with Crippen molar-refractivity contribution in [3.8, 4) is 0 Å². The molecule has 36 heavy (non-hydrogen) atoms. The van der Waals surface area contributed by atoms with Crippen LogP contribution in [0.1, 0.15) is 12.8 Å². The molecule has 10 heteroatoms. The van der Waals surface area contributed by atoms with E-state index in [-0.39, 0.29) is 23.7 Å². The lowest BCUT2D eigenvalue weighted by molar-refractivity contribution is -0.123. The second-order valence-corrected chi connectivity index (χ2v) is 11.7. The molecule has 4 fully saturated rings. The van der Waals surface area contributed by atoms with Crippen molar-refractivity contribution in [2.75, 3.05) is 35.4 Å². The van der Waals surface area contributed by atoms with Crippen molar-refractivity contribution in [3.05, 3.63) is 47.6 Å². The molecule has 3 aliphatic heterocycles. The number of carbonyl (C=O) groups excluding carboxylic acids is 1. The van der Waals surface area contributed by atoms with E-state index in [0.29, 0.717) is 47.1 Å². The fourth-order valence-corrected chi connectivity index (χ4v) is 7.95. The Bertz CT molecular complexity index is 1440. The van der Waals surface area contributed by atoms with Crippen LogP contribution >= 0.6 is 11.3 Å². The van der Waals surface area contributed by atoms with Gasteiger partial charge in [-0.15, -0.1) is 11.3 Å². The first kappa shape index (κ1) is 20.9. The van der Waals surface area contributed by atoms with Gasteiger partial charge in [0.15, 0.2) is 5.82 Å². The van der Waals surface area contributed by atoms with Crippen molar-refractivity contribution in [3.63, 3.8) is 0 Å². The molecule has 8 rings (SSSR count). The quantitative estimate of drug-likeness (QED) is 0.528. The zero-order valence-corrected chi connectivity index (χ0v) is 20.6. The van der Waals surface area contributed by atoms with Gasteiger partial charge in [-0.25, -0.2) is 9.37 Å². The highest BCUT2D eigenvalue weighted by Gasteiger charge is 2.56. The Labute approximate surface area is 211 Å². The highest BCUT2D eigenvalue weighted by atomic mass is 32.1. The highest BCUT2D eigenvalue weighted by Crippen LogP contribution is 2.50. The lowest BCUT2D eigenvalue weighted by Crippen LogP contribution is -2.44. The molecule has 1 saturated carbocycles. The first-order chi connectivity index (χ1) is 17.5. The maximum absolute atomic E-state index is 15.2. The lowest BCUT2D eigenvalue weighted by atomic mass is 9.89. The SMILES string of the molecule is CN1CC2CC1CN2c1ccc(Nc2nc(N3NC(=O)[C@H]4C5C=CC(C5)[C@H]43)c3sccc3n2)cc1F. The number of halogens is 1. The van der Waals surface area contributed by atoms with Crippen molar-refractivity contribution < 1.29 is 9.18 Å². The van der Waals surface area contributed by atoms with Gasteiger partial charge in [-0.05, 0) is 55.5 Å². The van der Waals surface area contributed by atoms with Crippen molar-refractivity contribution in [2.24, 2.45) is 17.8 Å². The molecule has 0 radical (unpaired) electrons. The molecule has 1 aromatic carbocycles. The summed E-state index contributed by atoms with van der Waals surface area (Å²) in [6, 6.07) is 8.18. The lowest BCUT2D eigenvalue weighted by Gasteiger charge is -2.33. The van der Waals surface area contributed by atoms with Crippen LogP contribution in [-0.4, -0.2) is 59.0 Å².